The Labute approximate surface area is 92.6 Å². The highest BCUT2D eigenvalue weighted by Crippen LogP contribution is 2.14. The first kappa shape index (κ1) is 11.4. The van der Waals surface area contributed by atoms with Crippen molar-refractivity contribution in [3.63, 3.8) is 0 Å². The second kappa shape index (κ2) is 4.84. The Hall–Kier alpha value is -1.08. The average molecular weight is 228 g/mol. The molecule has 0 bridgehead atoms. The largest absolute Gasteiger partial charge is 0.303 e. The van der Waals surface area contributed by atoms with Crippen LogP contribution >= 0.6 is 0 Å². The Morgan fingerprint density at radius 1 is 1.44 bits per heavy atom. The molecule has 16 heavy (non-hydrogen) atoms. The van der Waals surface area contributed by atoms with Gasteiger partial charge in [0.05, 0.1) is 6.17 Å². The molecule has 0 aliphatic carbocycles. The smallest absolute Gasteiger partial charge is 0.130 e. The summed E-state index contributed by atoms with van der Waals surface area (Å²) in [6.45, 7) is 0.813. The Morgan fingerprint density at radius 3 is 2.69 bits per heavy atom. The van der Waals surface area contributed by atoms with Gasteiger partial charge in [0.15, 0.2) is 0 Å². The van der Waals surface area contributed by atoms with E-state index in [-0.39, 0.29) is 18.3 Å². The number of likely N-dealkylation sites (N-methyl/N-ethyl adjacent to an activating group) is 1. The summed E-state index contributed by atoms with van der Waals surface area (Å²) in [7, 11) is 1.81. The molecule has 1 fully saturated rings. The first-order chi connectivity index (χ1) is 7.70. The molecule has 1 saturated heterocycles. The lowest BCUT2D eigenvalue weighted by Gasteiger charge is -2.15. The molecule has 0 radical (unpaired) electrons. The molecule has 6 heteroatoms. The fourth-order valence-electron chi connectivity index (χ4n) is 1.62. The number of hydrogen-bond donors (Lipinski definition) is 3. The van der Waals surface area contributed by atoms with Gasteiger partial charge in [-0.2, -0.15) is 5.53 Å². The molecule has 88 valence electrons. The lowest BCUT2D eigenvalue weighted by Crippen LogP contribution is -2.40. The monoisotopic (exact) mass is 228 g/mol. The molecule has 1 heterocycles. The number of benzene rings is 1. The summed E-state index contributed by atoms with van der Waals surface area (Å²) >= 11 is 0. The third-order valence-electron chi connectivity index (χ3n) is 2.56. The first-order valence-corrected chi connectivity index (χ1v) is 5.07. The molecule has 1 aliphatic rings. The fourth-order valence-corrected chi connectivity index (χ4v) is 1.62. The molecular formula is C10H14F2N4. The van der Waals surface area contributed by atoms with Crippen LogP contribution in [0.1, 0.15) is 5.56 Å². The number of hydrogen-bond acceptors (Lipinski definition) is 4. The Balaban J connectivity index is 2.04. The van der Waals surface area contributed by atoms with E-state index in [0.29, 0.717) is 6.54 Å². The third-order valence-corrected chi connectivity index (χ3v) is 2.56. The lowest BCUT2D eigenvalue weighted by atomic mass is 10.2. The van der Waals surface area contributed by atoms with Crippen LogP contribution in [0.2, 0.25) is 0 Å². The van der Waals surface area contributed by atoms with Crippen molar-refractivity contribution in [2.75, 3.05) is 13.6 Å². The zero-order valence-electron chi connectivity index (χ0n) is 8.93. The molecule has 1 aromatic rings. The lowest BCUT2D eigenvalue weighted by molar-refractivity contribution is 0.217. The minimum absolute atomic E-state index is 0.0774. The van der Waals surface area contributed by atoms with Crippen LogP contribution in [0.4, 0.5) is 8.78 Å². The van der Waals surface area contributed by atoms with E-state index < -0.39 is 11.6 Å². The second-order valence-electron chi connectivity index (χ2n) is 3.68. The second-order valence-corrected chi connectivity index (χ2v) is 3.68. The predicted molar refractivity (Wildman–Crippen MR) is 55.9 cm³/mol. The third kappa shape index (κ3) is 2.35. The normalized spacial score (nSPS) is 21.6. The quantitative estimate of drug-likeness (QED) is 0.697. The van der Waals surface area contributed by atoms with Crippen molar-refractivity contribution in [1.29, 1.82) is 0 Å². The summed E-state index contributed by atoms with van der Waals surface area (Å²) in [5.41, 5.74) is 5.86. The van der Waals surface area contributed by atoms with Crippen molar-refractivity contribution in [2.45, 2.75) is 12.7 Å². The predicted octanol–water partition coefficient (Wildman–Crippen LogP) is 0.335. The van der Waals surface area contributed by atoms with Crippen molar-refractivity contribution in [3.05, 3.63) is 35.4 Å². The molecule has 1 atom stereocenters. The van der Waals surface area contributed by atoms with Crippen molar-refractivity contribution in [1.82, 2.24) is 21.3 Å². The van der Waals surface area contributed by atoms with Gasteiger partial charge < -0.3 is 5.32 Å². The van der Waals surface area contributed by atoms with Crippen molar-refractivity contribution in [3.8, 4) is 0 Å². The van der Waals surface area contributed by atoms with Crippen molar-refractivity contribution >= 4 is 0 Å². The zero-order chi connectivity index (χ0) is 11.5. The summed E-state index contributed by atoms with van der Waals surface area (Å²) < 4.78 is 26.7. The van der Waals surface area contributed by atoms with E-state index in [1.807, 2.05) is 7.05 Å². The van der Waals surface area contributed by atoms with Gasteiger partial charge >= 0.3 is 0 Å². The molecule has 0 saturated carbocycles. The van der Waals surface area contributed by atoms with E-state index in [2.05, 4.69) is 16.3 Å². The van der Waals surface area contributed by atoms with Crippen LogP contribution in [-0.4, -0.2) is 24.8 Å². The van der Waals surface area contributed by atoms with Gasteiger partial charge in [-0.1, -0.05) is 6.07 Å². The van der Waals surface area contributed by atoms with E-state index in [1.54, 1.807) is 5.01 Å². The highest BCUT2D eigenvalue weighted by Gasteiger charge is 2.21. The highest BCUT2D eigenvalue weighted by molar-refractivity contribution is 5.19. The molecule has 3 N–H and O–H groups in total. The molecule has 0 spiro atoms. The summed E-state index contributed by atoms with van der Waals surface area (Å²) in [5.74, 6) is -1.04. The molecular weight excluding hydrogens is 214 g/mol. The molecule has 0 aromatic heterocycles. The van der Waals surface area contributed by atoms with Gasteiger partial charge in [0.2, 0.25) is 0 Å². The van der Waals surface area contributed by atoms with E-state index in [4.69, 9.17) is 0 Å². The van der Waals surface area contributed by atoms with Gasteiger partial charge in [-0.05, 0) is 19.2 Å². The van der Waals surface area contributed by atoms with Gasteiger partial charge in [0.1, 0.15) is 11.6 Å². The number of halogens is 2. The van der Waals surface area contributed by atoms with Gasteiger partial charge in [-0.25, -0.2) is 19.2 Å². The van der Waals surface area contributed by atoms with Gasteiger partial charge in [-0.15, -0.1) is 0 Å². The molecule has 0 amide bonds. The minimum Gasteiger partial charge on any atom is -0.303 e. The van der Waals surface area contributed by atoms with Gasteiger partial charge in [0.25, 0.3) is 0 Å². The van der Waals surface area contributed by atoms with E-state index in [0.717, 1.165) is 0 Å². The van der Waals surface area contributed by atoms with Gasteiger partial charge in [0, 0.05) is 18.7 Å². The summed E-state index contributed by atoms with van der Waals surface area (Å²) in [4.78, 5) is 0. The van der Waals surface area contributed by atoms with Crippen molar-refractivity contribution in [2.24, 2.45) is 0 Å². The number of rotatable bonds is 3. The van der Waals surface area contributed by atoms with Crippen LogP contribution in [0.5, 0.6) is 0 Å². The maximum absolute atomic E-state index is 13.4. The summed E-state index contributed by atoms with van der Waals surface area (Å²) in [6, 6.07) is 3.88. The minimum atomic E-state index is -0.519. The van der Waals surface area contributed by atoms with E-state index in [1.165, 1.54) is 18.2 Å². The fraction of sp³-hybridized carbons (Fsp3) is 0.400. The van der Waals surface area contributed by atoms with Crippen LogP contribution < -0.4 is 16.3 Å². The molecule has 2 rings (SSSR count). The van der Waals surface area contributed by atoms with E-state index >= 15 is 0 Å². The molecule has 4 nitrogen and oxygen atoms in total. The zero-order valence-corrected chi connectivity index (χ0v) is 8.93. The van der Waals surface area contributed by atoms with Crippen LogP contribution in [0, 0.1) is 11.6 Å². The van der Waals surface area contributed by atoms with Gasteiger partial charge in [-0.3, -0.25) is 0 Å². The van der Waals surface area contributed by atoms with Crippen molar-refractivity contribution < 1.29 is 8.78 Å². The molecule has 1 aliphatic heterocycles. The molecule has 1 unspecified atom stereocenters. The highest BCUT2D eigenvalue weighted by atomic mass is 19.1. The van der Waals surface area contributed by atoms with Crippen LogP contribution in [0.15, 0.2) is 18.2 Å². The average Bonchev–Trinajstić information content (AvgIpc) is 2.71. The summed E-state index contributed by atoms with van der Waals surface area (Å²) in [6.07, 6.45) is 0.0786. The maximum atomic E-state index is 13.4. The Bertz CT molecular complexity index is 352. The Morgan fingerprint density at radius 2 is 2.12 bits per heavy atom. The summed E-state index contributed by atoms with van der Waals surface area (Å²) in [5, 5.41) is 4.72. The van der Waals surface area contributed by atoms with Crippen LogP contribution in [0.3, 0.4) is 0 Å². The van der Waals surface area contributed by atoms with Crippen LogP contribution in [0.25, 0.3) is 0 Å². The first-order valence-electron chi connectivity index (χ1n) is 5.07. The SMILES string of the molecule is CNC1CN(Cc2c(F)cccc2F)NN1. The topological polar surface area (TPSA) is 39.3 Å². The van der Waals surface area contributed by atoms with Crippen LogP contribution in [-0.2, 0) is 6.54 Å². The number of hydrazine groups is 2. The Kier molecular flexibility index (Phi) is 3.45. The standard InChI is InChI=1S/C10H14F2N4/c1-13-10-6-16(15-14-10)5-7-8(11)3-2-4-9(7)12/h2-4,10,13-15H,5-6H2,1H3. The number of nitrogens with one attached hydrogen (secondary N) is 3. The molecule has 1 aromatic carbocycles. The van der Waals surface area contributed by atoms with E-state index in [9.17, 15) is 8.78 Å². The maximum Gasteiger partial charge on any atom is 0.130 e. The number of nitrogens with zero attached hydrogens (tertiary/aromatic N) is 1.